The number of hydrogen-bond acceptors (Lipinski definition) is 2. The van der Waals surface area contributed by atoms with Gasteiger partial charge in [-0.25, -0.2) is 0 Å². The molecule has 2 rings (SSSR count). The van der Waals surface area contributed by atoms with Gasteiger partial charge in [0.1, 0.15) is 0 Å². The van der Waals surface area contributed by atoms with Crippen molar-refractivity contribution in [3.05, 3.63) is 28.9 Å². The number of aryl methyl sites for hydroxylation is 1. The Hall–Kier alpha value is -1.06. The van der Waals surface area contributed by atoms with Crippen molar-refractivity contribution in [1.82, 2.24) is 9.78 Å². The van der Waals surface area contributed by atoms with Crippen LogP contribution in [0, 0.1) is 5.92 Å². The molecule has 86 valence electrons. The molecule has 16 heavy (non-hydrogen) atoms. The summed E-state index contributed by atoms with van der Waals surface area (Å²) in [6.45, 7) is 4.19. The highest BCUT2D eigenvalue weighted by Crippen LogP contribution is 2.30. The van der Waals surface area contributed by atoms with Gasteiger partial charge in [-0.2, -0.15) is 5.10 Å². The Labute approximate surface area is 100 Å². The van der Waals surface area contributed by atoms with Crippen LogP contribution < -0.4 is 5.73 Å². The number of rotatable bonds is 2. The first kappa shape index (κ1) is 11.4. The van der Waals surface area contributed by atoms with Gasteiger partial charge in [-0.3, -0.25) is 4.68 Å². The van der Waals surface area contributed by atoms with Crippen LogP contribution in [0.25, 0.3) is 10.9 Å². The van der Waals surface area contributed by atoms with Crippen LogP contribution in [0.4, 0.5) is 0 Å². The van der Waals surface area contributed by atoms with Crippen molar-refractivity contribution in [2.75, 3.05) is 0 Å². The fourth-order valence-corrected chi connectivity index (χ4v) is 2.18. The number of fused-ring (bicyclic) bond motifs is 1. The van der Waals surface area contributed by atoms with Gasteiger partial charge in [0.15, 0.2) is 0 Å². The Morgan fingerprint density at radius 2 is 2.06 bits per heavy atom. The van der Waals surface area contributed by atoms with E-state index in [4.69, 9.17) is 17.3 Å². The van der Waals surface area contributed by atoms with Crippen molar-refractivity contribution >= 4 is 22.5 Å². The summed E-state index contributed by atoms with van der Waals surface area (Å²) in [6, 6.07) is 5.77. The van der Waals surface area contributed by atoms with Gasteiger partial charge in [0.25, 0.3) is 0 Å². The number of nitrogens with zero attached hydrogens (tertiary/aromatic N) is 2. The molecule has 0 saturated carbocycles. The zero-order valence-electron chi connectivity index (χ0n) is 9.74. The largest absolute Gasteiger partial charge is 0.322 e. The lowest BCUT2D eigenvalue weighted by atomic mass is 9.99. The SMILES string of the molecule is CC(C)C(N)c1nn(C)c2c(Cl)cccc12. The first-order chi connectivity index (χ1) is 7.52. The second-order valence-electron chi connectivity index (χ2n) is 4.41. The number of halogens is 1. The Kier molecular flexibility index (Phi) is 2.91. The second kappa shape index (κ2) is 4.07. The molecule has 0 saturated heterocycles. The molecule has 3 nitrogen and oxygen atoms in total. The molecular weight excluding hydrogens is 222 g/mol. The van der Waals surface area contributed by atoms with Crippen molar-refractivity contribution < 1.29 is 0 Å². The molecule has 1 atom stereocenters. The molecule has 1 heterocycles. The average molecular weight is 238 g/mol. The van der Waals surface area contributed by atoms with E-state index < -0.39 is 0 Å². The third-order valence-corrected chi connectivity index (χ3v) is 3.18. The fourth-order valence-electron chi connectivity index (χ4n) is 1.88. The van der Waals surface area contributed by atoms with E-state index >= 15 is 0 Å². The molecule has 0 amide bonds. The molecule has 2 N–H and O–H groups in total. The summed E-state index contributed by atoms with van der Waals surface area (Å²) in [7, 11) is 1.89. The molecule has 2 aromatic rings. The third kappa shape index (κ3) is 1.70. The van der Waals surface area contributed by atoms with Gasteiger partial charge in [-0.1, -0.05) is 37.6 Å². The molecule has 0 aliphatic carbocycles. The molecule has 1 aromatic carbocycles. The maximum Gasteiger partial charge on any atom is 0.0873 e. The maximum atomic E-state index is 6.16. The standard InChI is InChI=1S/C12H16ClN3/c1-7(2)10(14)11-8-5-4-6-9(13)12(8)16(3)15-11/h4-7,10H,14H2,1-3H3. The van der Waals surface area contributed by atoms with Gasteiger partial charge in [-0.05, 0) is 12.0 Å². The van der Waals surface area contributed by atoms with Gasteiger partial charge in [-0.15, -0.1) is 0 Å². The highest BCUT2D eigenvalue weighted by atomic mass is 35.5. The lowest BCUT2D eigenvalue weighted by Gasteiger charge is -2.12. The first-order valence-corrected chi connectivity index (χ1v) is 5.77. The molecule has 1 aromatic heterocycles. The summed E-state index contributed by atoms with van der Waals surface area (Å²) in [4.78, 5) is 0. The van der Waals surface area contributed by atoms with Crippen LogP contribution in [0.1, 0.15) is 25.6 Å². The van der Waals surface area contributed by atoms with Crippen LogP contribution in [-0.4, -0.2) is 9.78 Å². The lowest BCUT2D eigenvalue weighted by Crippen LogP contribution is -2.17. The van der Waals surface area contributed by atoms with Crippen molar-refractivity contribution in [3.8, 4) is 0 Å². The first-order valence-electron chi connectivity index (χ1n) is 5.39. The summed E-state index contributed by atoms with van der Waals surface area (Å²) in [6.07, 6.45) is 0. The minimum atomic E-state index is -0.0535. The average Bonchev–Trinajstić information content (AvgIpc) is 2.56. The molecule has 1 unspecified atom stereocenters. The van der Waals surface area contributed by atoms with Crippen molar-refractivity contribution in [3.63, 3.8) is 0 Å². The predicted octanol–water partition coefficient (Wildman–Crippen LogP) is 2.88. The summed E-state index contributed by atoms with van der Waals surface area (Å²) >= 11 is 6.16. The van der Waals surface area contributed by atoms with Crippen LogP contribution in [-0.2, 0) is 7.05 Å². The van der Waals surface area contributed by atoms with E-state index in [-0.39, 0.29) is 6.04 Å². The van der Waals surface area contributed by atoms with E-state index in [1.807, 2.05) is 25.2 Å². The smallest absolute Gasteiger partial charge is 0.0873 e. The highest BCUT2D eigenvalue weighted by Gasteiger charge is 2.19. The summed E-state index contributed by atoms with van der Waals surface area (Å²) in [5, 5.41) is 6.25. The van der Waals surface area contributed by atoms with Gasteiger partial charge in [0.2, 0.25) is 0 Å². The van der Waals surface area contributed by atoms with Crippen LogP contribution in [0.3, 0.4) is 0 Å². The molecule has 0 bridgehead atoms. The van der Waals surface area contributed by atoms with Crippen molar-refractivity contribution in [2.24, 2.45) is 18.7 Å². The molecule has 0 spiro atoms. The Balaban J connectivity index is 2.69. The van der Waals surface area contributed by atoms with Gasteiger partial charge in [0.05, 0.1) is 22.3 Å². The van der Waals surface area contributed by atoms with Crippen LogP contribution in [0.15, 0.2) is 18.2 Å². The Bertz CT molecular complexity index is 516. The minimum Gasteiger partial charge on any atom is -0.322 e. The van der Waals surface area contributed by atoms with Crippen LogP contribution >= 0.6 is 11.6 Å². The monoisotopic (exact) mass is 237 g/mol. The third-order valence-electron chi connectivity index (χ3n) is 2.88. The summed E-state index contributed by atoms with van der Waals surface area (Å²) < 4.78 is 1.80. The quantitative estimate of drug-likeness (QED) is 0.873. The van der Waals surface area contributed by atoms with Crippen LogP contribution in [0.5, 0.6) is 0 Å². The van der Waals surface area contributed by atoms with Gasteiger partial charge < -0.3 is 5.73 Å². The zero-order chi connectivity index (χ0) is 11.9. The van der Waals surface area contributed by atoms with E-state index in [0.29, 0.717) is 5.92 Å². The minimum absolute atomic E-state index is 0.0535. The predicted molar refractivity (Wildman–Crippen MR) is 67.5 cm³/mol. The van der Waals surface area contributed by atoms with Gasteiger partial charge >= 0.3 is 0 Å². The number of aromatic nitrogens is 2. The molecule has 0 aliphatic rings. The number of nitrogens with two attached hydrogens (primary N) is 1. The van der Waals surface area contributed by atoms with E-state index in [9.17, 15) is 0 Å². The summed E-state index contributed by atoms with van der Waals surface area (Å²) in [5.41, 5.74) is 8.03. The lowest BCUT2D eigenvalue weighted by molar-refractivity contribution is 0.499. The molecule has 0 aliphatic heterocycles. The Morgan fingerprint density at radius 3 is 2.69 bits per heavy atom. The zero-order valence-corrected chi connectivity index (χ0v) is 10.5. The van der Waals surface area contributed by atoms with E-state index in [0.717, 1.165) is 21.6 Å². The molecule has 0 radical (unpaired) electrons. The van der Waals surface area contributed by atoms with Crippen molar-refractivity contribution in [1.29, 1.82) is 0 Å². The van der Waals surface area contributed by atoms with Crippen molar-refractivity contribution in [2.45, 2.75) is 19.9 Å². The topological polar surface area (TPSA) is 43.8 Å². The molecule has 4 heteroatoms. The van der Waals surface area contributed by atoms with Gasteiger partial charge in [0, 0.05) is 12.4 Å². The fraction of sp³-hybridized carbons (Fsp3) is 0.417. The van der Waals surface area contributed by atoms with E-state index in [2.05, 4.69) is 18.9 Å². The van der Waals surface area contributed by atoms with Crippen LogP contribution in [0.2, 0.25) is 5.02 Å². The Morgan fingerprint density at radius 1 is 1.38 bits per heavy atom. The summed E-state index contributed by atoms with van der Waals surface area (Å²) in [5.74, 6) is 0.358. The van der Waals surface area contributed by atoms with E-state index in [1.54, 1.807) is 4.68 Å². The highest BCUT2D eigenvalue weighted by molar-refractivity contribution is 6.35. The molecule has 0 fully saturated rings. The number of benzene rings is 1. The second-order valence-corrected chi connectivity index (χ2v) is 4.82. The maximum absolute atomic E-state index is 6.16. The van der Waals surface area contributed by atoms with E-state index in [1.165, 1.54) is 0 Å². The normalized spacial score (nSPS) is 13.6. The number of para-hydroxylation sites is 1. The number of hydrogen-bond donors (Lipinski definition) is 1. The molecular formula is C12H16ClN3.